The molecule has 19 heavy (non-hydrogen) atoms. The summed E-state index contributed by atoms with van der Waals surface area (Å²) in [6.07, 6.45) is 5.29. The number of aryl methyl sites for hydroxylation is 2. The lowest BCUT2D eigenvalue weighted by Crippen LogP contribution is -2.24. The molecule has 1 fully saturated rings. The van der Waals surface area contributed by atoms with Crippen molar-refractivity contribution in [3.8, 4) is 0 Å². The highest BCUT2D eigenvalue weighted by molar-refractivity contribution is 5.99. The molecule has 0 heterocycles. The van der Waals surface area contributed by atoms with Gasteiger partial charge in [-0.1, -0.05) is 32.3 Å². The zero-order chi connectivity index (χ0) is 14.0. The molecule has 2 atom stereocenters. The van der Waals surface area contributed by atoms with Crippen LogP contribution in [0.5, 0.6) is 0 Å². The van der Waals surface area contributed by atoms with Crippen molar-refractivity contribution in [2.24, 2.45) is 11.8 Å². The largest absolute Gasteiger partial charge is 0.294 e. The highest BCUT2D eigenvalue weighted by Gasteiger charge is 2.29. The van der Waals surface area contributed by atoms with Gasteiger partial charge in [0.15, 0.2) is 5.78 Å². The van der Waals surface area contributed by atoms with E-state index >= 15 is 0 Å². The Morgan fingerprint density at radius 2 is 2.05 bits per heavy atom. The number of ketones is 1. The molecule has 0 N–H and O–H groups in total. The third-order valence-electron chi connectivity index (χ3n) is 4.41. The van der Waals surface area contributed by atoms with Crippen LogP contribution < -0.4 is 0 Å². The average molecular weight is 262 g/mol. The van der Waals surface area contributed by atoms with Crippen LogP contribution >= 0.6 is 0 Å². The van der Waals surface area contributed by atoms with Crippen LogP contribution in [-0.4, -0.2) is 5.78 Å². The number of halogens is 1. The minimum atomic E-state index is -0.346. The van der Waals surface area contributed by atoms with E-state index in [4.69, 9.17) is 0 Å². The van der Waals surface area contributed by atoms with Gasteiger partial charge >= 0.3 is 0 Å². The number of carbonyl (C=O) groups excluding carboxylic acids is 1. The van der Waals surface area contributed by atoms with Gasteiger partial charge in [-0.3, -0.25) is 4.79 Å². The van der Waals surface area contributed by atoms with E-state index in [1.165, 1.54) is 12.5 Å². The van der Waals surface area contributed by atoms with Gasteiger partial charge in [0.05, 0.1) is 5.56 Å². The van der Waals surface area contributed by atoms with Gasteiger partial charge in [0.2, 0.25) is 0 Å². The van der Waals surface area contributed by atoms with Crippen LogP contribution in [0.2, 0.25) is 0 Å². The summed E-state index contributed by atoms with van der Waals surface area (Å²) in [5, 5.41) is 0. The number of hydrogen-bond acceptors (Lipinski definition) is 1. The van der Waals surface area contributed by atoms with Gasteiger partial charge in [0.25, 0.3) is 0 Å². The Kier molecular flexibility index (Phi) is 4.38. The molecule has 0 aliphatic heterocycles. The van der Waals surface area contributed by atoms with Gasteiger partial charge in [-0.2, -0.15) is 0 Å². The van der Waals surface area contributed by atoms with Crippen LogP contribution in [0.15, 0.2) is 12.1 Å². The zero-order valence-corrected chi connectivity index (χ0v) is 12.1. The molecule has 0 amide bonds. The molecular weight excluding hydrogens is 239 g/mol. The molecular formula is C17H23FO. The molecule has 1 aliphatic carbocycles. The molecule has 104 valence electrons. The average Bonchev–Trinajstić information content (AvgIpc) is 2.37. The second-order valence-electron chi connectivity index (χ2n) is 5.94. The summed E-state index contributed by atoms with van der Waals surface area (Å²) >= 11 is 0. The molecule has 0 aromatic heterocycles. The fraction of sp³-hybridized carbons (Fsp3) is 0.588. The number of benzene rings is 1. The Hall–Kier alpha value is -1.18. The van der Waals surface area contributed by atoms with Gasteiger partial charge in [0.1, 0.15) is 5.82 Å². The standard InChI is InChI=1S/C17H23FO/c1-4-13-6-5-7-14(10-13)17(19)16-12(3)8-11(2)9-15(16)18/h8-9,13-14H,4-7,10H2,1-3H3. The number of hydrogen-bond donors (Lipinski definition) is 0. The Labute approximate surface area is 115 Å². The van der Waals surface area contributed by atoms with E-state index < -0.39 is 0 Å². The fourth-order valence-corrected chi connectivity index (χ4v) is 3.33. The van der Waals surface area contributed by atoms with E-state index in [9.17, 15) is 9.18 Å². The Morgan fingerprint density at radius 3 is 2.68 bits per heavy atom. The lowest BCUT2D eigenvalue weighted by atomic mass is 9.76. The van der Waals surface area contributed by atoms with E-state index in [0.29, 0.717) is 11.5 Å². The molecule has 1 aromatic rings. The van der Waals surface area contributed by atoms with Crippen molar-refractivity contribution >= 4 is 5.78 Å². The number of carbonyl (C=O) groups is 1. The smallest absolute Gasteiger partial charge is 0.169 e. The molecule has 0 radical (unpaired) electrons. The normalized spacial score (nSPS) is 23.4. The van der Waals surface area contributed by atoms with Gasteiger partial charge in [0, 0.05) is 5.92 Å². The van der Waals surface area contributed by atoms with Gasteiger partial charge in [-0.25, -0.2) is 4.39 Å². The van der Waals surface area contributed by atoms with Crippen LogP contribution in [0, 0.1) is 31.5 Å². The number of rotatable bonds is 3. The third kappa shape index (κ3) is 3.05. The van der Waals surface area contributed by atoms with Crippen molar-refractivity contribution in [2.75, 3.05) is 0 Å². The number of Topliss-reactive ketones (excluding diaryl/α,β-unsaturated/α-hetero) is 1. The minimum absolute atomic E-state index is 0.0214. The van der Waals surface area contributed by atoms with Crippen molar-refractivity contribution < 1.29 is 9.18 Å². The Balaban J connectivity index is 2.24. The fourth-order valence-electron chi connectivity index (χ4n) is 3.33. The lowest BCUT2D eigenvalue weighted by molar-refractivity contribution is 0.0857. The van der Waals surface area contributed by atoms with Crippen molar-refractivity contribution in [1.29, 1.82) is 0 Å². The first-order chi connectivity index (χ1) is 9.02. The Bertz CT molecular complexity index is 455. The summed E-state index contributed by atoms with van der Waals surface area (Å²) in [7, 11) is 0. The predicted molar refractivity (Wildman–Crippen MR) is 75.9 cm³/mol. The first-order valence-corrected chi connectivity index (χ1v) is 7.33. The monoisotopic (exact) mass is 262 g/mol. The quantitative estimate of drug-likeness (QED) is 0.712. The summed E-state index contributed by atoms with van der Waals surface area (Å²) in [5.74, 6) is 0.334. The molecule has 1 aliphatic rings. The van der Waals surface area contributed by atoms with Crippen molar-refractivity contribution in [3.63, 3.8) is 0 Å². The van der Waals surface area contributed by atoms with Gasteiger partial charge in [-0.15, -0.1) is 0 Å². The highest BCUT2D eigenvalue weighted by atomic mass is 19.1. The summed E-state index contributed by atoms with van der Waals surface area (Å²) in [5.41, 5.74) is 1.98. The molecule has 1 saturated carbocycles. The van der Waals surface area contributed by atoms with Crippen molar-refractivity contribution in [1.82, 2.24) is 0 Å². The maximum atomic E-state index is 14.1. The van der Waals surface area contributed by atoms with Gasteiger partial charge in [-0.05, 0) is 49.8 Å². The summed E-state index contributed by atoms with van der Waals surface area (Å²) in [4.78, 5) is 12.6. The minimum Gasteiger partial charge on any atom is -0.294 e. The molecule has 2 rings (SSSR count). The summed E-state index contributed by atoms with van der Waals surface area (Å²) in [6, 6.07) is 3.37. The molecule has 1 aromatic carbocycles. The third-order valence-corrected chi connectivity index (χ3v) is 4.41. The highest BCUT2D eigenvalue weighted by Crippen LogP contribution is 2.34. The van der Waals surface area contributed by atoms with Crippen LogP contribution in [0.3, 0.4) is 0 Å². The van der Waals surface area contributed by atoms with Crippen molar-refractivity contribution in [2.45, 2.75) is 52.9 Å². The molecule has 2 heteroatoms. The second kappa shape index (κ2) is 5.85. The van der Waals surface area contributed by atoms with Gasteiger partial charge < -0.3 is 0 Å². The van der Waals surface area contributed by atoms with E-state index in [0.717, 1.165) is 36.8 Å². The lowest BCUT2D eigenvalue weighted by Gasteiger charge is -2.28. The van der Waals surface area contributed by atoms with E-state index in [-0.39, 0.29) is 17.5 Å². The predicted octanol–water partition coefficient (Wildman–Crippen LogP) is 4.84. The summed E-state index contributed by atoms with van der Waals surface area (Å²) in [6.45, 7) is 5.87. The SMILES string of the molecule is CCC1CCCC(C(=O)c2c(C)cc(C)cc2F)C1. The van der Waals surface area contributed by atoms with E-state index in [1.807, 2.05) is 19.9 Å². The van der Waals surface area contributed by atoms with Crippen LogP contribution in [0.4, 0.5) is 4.39 Å². The molecule has 0 saturated heterocycles. The first kappa shape index (κ1) is 14.2. The molecule has 2 unspecified atom stereocenters. The zero-order valence-electron chi connectivity index (χ0n) is 12.1. The summed E-state index contributed by atoms with van der Waals surface area (Å²) < 4.78 is 14.1. The molecule has 0 bridgehead atoms. The van der Waals surface area contributed by atoms with Crippen LogP contribution in [-0.2, 0) is 0 Å². The molecule has 0 spiro atoms. The van der Waals surface area contributed by atoms with Crippen molar-refractivity contribution in [3.05, 3.63) is 34.6 Å². The van der Waals surface area contributed by atoms with E-state index in [1.54, 1.807) is 0 Å². The Morgan fingerprint density at radius 1 is 1.32 bits per heavy atom. The maximum absolute atomic E-state index is 14.1. The second-order valence-corrected chi connectivity index (χ2v) is 5.94. The van der Waals surface area contributed by atoms with E-state index in [2.05, 4.69) is 6.92 Å². The van der Waals surface area contributed by atoms with Crippen LogP contribution in [0.25, 0.3) is 0 Å². The van der Waals surface area contributed by atoms with Crippen LogP contribution in [0.1, 0.15) is 60.5 Å². The topological polar surface area (TPSA) is 17.1 Å². The first-order valence-electron chi connectivity index (χ1n) is 7.33. The molecule has 1 nitrogen and oxygen atoms in total. The maximum Gasteiger partial charge on any atom is 0.169 e.